The number of hydrogen-bond acceptors (Lipinski definition) is 2. The average molecular weight is 230 g/mol. The SMILES string of the molecule is N#Cc1cccc2ncc(-c3ccccc3)cc12. The number of rotatable bonds is 1. The van der Waals surface area contributed by atoms with Gasteiger partial charge in [-0.3, -0.25) is 4.98 Å². The molecule has 1 heterocycles. The van der Waals surface area contributed by atoms with Crippen LogP contribution >= 0.6 is 0 Å². The normalized spacial score (nSPS) is 10.2. The minimum Gasteiger partial charge on any atom is -0.256 e. The van der Waals surface area contributed by atoms with Crippen LogP contribution in [0.15, 0.2) is 60.8 Å². The predicted octanol–water partition coefficient (Wildman–Crippen LogP) is 3.77. The standard InChI is InChI=1S/C16H10N2/c17-10-13-7-4-8-16-15(13)9-14(11-18-16)12-5-2-1-3-6-12/h1-9,11H. The van der Waals surface area contributed by atoms with E-state index in [1.165, 1.54) is 0 Å². The summed E-state index contributed by atoms with van der Waals surface area (Å²) in [4.78, 5) is 4.42. The number of benzene rings is 2. The molecule has 0 saturated heterocycles. The van der Waals surface area contributed by atoms with Crippen molar-refractivity contribution in [3.8, 4) is 17.2 Å². The fraction of sp³-hybridized carbons (Fsp3) is 0. The van der Waals surface area contributed by atoms with Crippen molar-refractivity contribution in [2.24, 2.45) is 0 Å². The third kappa shape index (κ3) is 1.72. The molecular formula is C16H10N2. The number of nitriles is 1. The van der Waals surface area contributed by atoms with E-state index in [-0.39, 0.29) is 0 Å². The van der Waals surface area contributed by atoms with E-state index in [1.807, 2.05) is 60.8 Å². The molecule has 2 aromatic carbocycles. The van der Waals surface area contributed by atoms with Gasteiger partial charge in [0, 0.05) is 17.1 Å². The molecule has 18 heavy (non-hydrogen) atoms. The summed E-state index contributed by atoms with van der Waals surface area (Å²) in [5.74, 6) is 0. The van der Waals surface area contributed by atoms with Crippen molar-refractivity contribution in [2.45, 2.75) is 0 Å². The fourth-order valence-electron chi connectivity index (χ4n) is 2.04. The number of nitrogens with zero attached hydrogens (tertiary/aromatic N) is 2. The molecule has 84 valence electrons. The van der Waals surface area contributed by atoms with Crippen LogP contribution in [0.2, 0.25) is 0 Å². The van der Waals surface area contributed by atoms with E-state index in [0.717, 1.165) is 22.0 Å². The van der Waals surface area contributed by atoms with Crippen molar-refractivity contribution < 1.29 is 0 Å². The molecule has 0 aliphatic heterocycles. The highest BCUT2D eigenvalue weighted by atomic mass is 14.6. The number of pyridine rings is 1. The van der Waals surface area contributed by atoms with Crippen LogP contribution in [0.1, 0.15) is 5.56 Å². The first-order valence-corrected chi connectivity index (χ1v) is 5.73. The molecule has 0 N–H and O–H groups in total. The van der Waals surface area contributed by atoms with Gasteiger partial charge in [-0.15, -0.1) is 0 Å². The minimum atomic E-state index is 0.665. The zero-order chi connectivity index (χ0) is 12.4. The third-order valence-electron chi connectivity index (χ3n) is 2.95. The maximum atomic E-state index is 9.12. The van der Waals surface area contributed by atoms with Crippen LogP contribution in [0.4, 0.5) is 0 Å². The first kappa shape index (κ1) is 10.5. The Labute approximate surface area is 105 Å². The molecule has 0 unspecified atom stereocenters. The summed E-state index contributed by atoms with van der Waals surface area (Å²) >= 11 is 0. The quantitative estimate of drug-likeness (QED) is 0.638. The summed E-state index contributed by atoms with van der Waals surface area (Å²) in [6, 6.07) is 19.9. The van der Waals surface area contributed by atoms with E-state index in [2.05, 4.69) is 11.1 Å². The van der Waals surface area contributed by atoms with E-state index in [1.54, 1.807) is 0 Å². The molecular weight excluding hydrogens is 220 g/mol. The molecule has 0 amide bonds. The second-order valence-electron chi connectivity index (χ2n) is 4.07. The van der Waals surface area contributed by atoms with Gasteiger partial charge in [-0.05, 0) is 23.8 Å². The zero-order valence-corrected chi connectivity index (χ0v) is 9.67. The van der Waals surface area contributed by atoms with Crippen LogP contribution in [-0.4, -0.2) is 4.98 Å². The van der Waals surface area contributed by atoms with Crippen LogP contribution in [0.5, 0.6) is 0 Å². The van der Waals surface area contributed by atoms with E-state index in [4.69, 9.17) is 5.26 Å². The van der Waals surface area contributed by atoms with Gasteiger partial charge in [0.05, 0.1) is 17.1 Å². The van der Waals surface area contributed by atoms with Gasteiger partial charge in [-0.25, -0.2) is 0 Å². The molecule has 3 aromatic rings. The fourth-order valence-corrected chi connectivity index (χ4v) is 2.04. The van der Waals surface area contributed by atoms with Crippen LogP contribution in [0, 0.1) is 11.3 Å². The molecule has 0 aliphatic carbocycles. The summed E-state index contributed by atoms with van der Waals surface area (Å²) in [5, 5.41) is 10.0. The number of hydrogen-bond donors (Lipinski definition) is 0. The smallest absolute Gasteiger partial charge is 0.0998 e. The van der Waals surface area contributed by atoms with Crippen molar-refractivity contribution in [1.82, 2.24) is 4.98 Å². The molecule has 1 aromatic heterocycles. The maximum Gasteiger partial charge on any atom is 0.0998 e. The lowest BCUT2D eigenvalue weighted by atomic mass is 10.0. The van der Waals surface area contributed by atoms with Crippen LogP contribution < -0.4 is 0 Å². The minimum absolute atomic E-state index is 0.665. The lowest BCUT2D eigenvalue weighted by Gasteiger charge is -2.04. The van der Waals surface area contributed by atoms with E-state index < -0.39 is 0 Å². The molecule has 0 spiro atoms. The molecule has 0 fully saturated rings. The summed E-state index contributed by atoms with van der Waals surface area (Å²) < 4.78 is 0. The Morgan fingerprint density at radius 3 is 2.50 bits per heavy atom. The van der Waals surface area contributed by atoms with Gasteiger partial charge in [-0.2, -0.15) is 5.26 Å². The third-order valence-corrected chi connectivity index (χ3v) is 2.95. The van der Waals surface area contributed by atoms with Gasteiger partial charge in [-0.1, -0.05) is 36.4 Å². The highest BCUT2D eigenvalue weighted by Gasteiger charge is 2.04. The Hall–Kier alpha value is -2.66. The second-order valence-corrected chi connectivity index (χ2v) is 4.07. The van der Waals surface area contributed by atoms with Crippen LogP contribution in [-0.2, 0) is 0 Å². The van der Waals surface area contributed by atoms with E-state index in [0.29, 0.717) is 5.56 Å². The maximum absolute atomic E-state index is 9.12. The predicted molar refractivity (Wildman–Crippen MR) is 71.9 cm³/mol. The van der Waals surface area contributed by atoms with Crippen molar-refractivity contribution in [2.75, 3.05) is 0 Å². The molecule has 0 bridgehead atoms. The largest absolute Gasteiger partial charge is 0.256 e. The molecule has 0 saturated carbocycles. The first-order valence-electron chi connectivity index (χ1n) is 5.73. The highest BCUT2D eigenvalue weighted by molar-refractivity contribution is 5.88. The lowest BCUT2D eigenvalue weighted by Crippen LogP contribution is -1.85. The molecule has 0 radical (unpaired) electrons. The molecule has 0 aliphatic rings. The summed E-state index contributed by atoms with van der Waals surface area (Å²) in [6.07, 6.45) is 1.85. The highest BCUT2D eigenvalue weighted by Crippen LogP contribution is 2.24. The van der Waals surface area contributed by atoms with Crippen molar-refractivity contribution in [3.63, 3.8) is 0 Å². The first-order chi connectivity index (χ1) is 8.88. The van der Waals surface area contributed by atoms with Crippen molar-refractivity contribution in [1.29, 1.82) is 5.26 Å². The molecule has 0 atom stereocenters. The Balaban J connectivity index is 2.26. The number of fused-ring (bicyclic) bond motifs is 1. The Morgan fingerprint density at radius 1 is 0.889 bits per heavy atom. The summed E-state index contributed by atoms with van der Waals surface area (Å²) in [7, 11) is 0. The van der Waals surface area contributed by atoms with Gasteiger partial charge < -0.3 is 0 Å². The van der Waals surface area contributed by atoms with Gasteiger partial charge >= 0.3 is 0 Å². The number of aromatic nitrogens is 1. The van der Waals surface area contributed by atoms with E-state index in [9.17, 15) is 0 Å². The molecule has 3 rings (SSSR count). The monoisotopic (exact) mass is 230 g/mol. The Morgan fingerprint density at radius 2 is 1.72 bits per heavy atom. The van der Waals surface area contributed by atoms with Crippen molar-refractivity contribution in [3.05, 3.63) is 66.4 Å². The summed E-state index contributed by atoms with van der Waals surface area (Å²) in [6.45, 7) is 0. The Bertz CT molecular complexity index is 740. The summed E-state index contributed by atoms with van der Waals surface area (Å²) in [5.41, 5.74) is 3.66. The van der Waals surface area contributed by atoms with Crippen LogP contribution in [0.25, 0.3) is 22.0 Å². The van der Waals surface area contributed by atoms with Crippen molar-refractivity contribution >= 4 is 10.9 Å². The second kappa shape index (κ2) is 4.31. The molecule has 2 heteroatoms. The molecule has 2 nitrogen and oxygen atoms in total. The van der Waals surface area contributed by atoms with Gasteiger partial charge in [0.15, 0.2) is 0 Å². The van der Waals surface area contributed by atoms with Gasteiger partial charge in [0.2, 0.25) is 0 Å². The van der Waals surface area contributed by atoms with Gasteiger partial charge in [0.25, 0.3) is 0 Å². The average Bonchev–Trinajstić information content (AvgIpc) is 2.47. The van der Waals surface area contributed by atoms with Crippen LogP contribution in [0.3, 0.4) is 0 Å². The Kier molecular flexibility index (Phi) is 2.51. The lowest BCUT2D eigenvalue weighted by molar-refractivity contribution is 1.40. The zero-order valence-electron chi connectivity index (χ0n) is 9.67. The topological polar surface area (TPSA) is 36.7 Å². The van der Waals surface area contributed by atoms with E-state index >= 15 is 0 Å². The van der Waals surface area contributed by atoms with Gasteiger partial charge in [0.1, 0.15) is 0 Å².